The monoisotopic (exact) mass is 692 g/mol. The number of pyridine rings is 2. The van der Waals surface area contributed by atoms with Crippen molar-refractivity contribution in [1.82, 2.24) is 24.8 Å². The molecule has 6 rings (SSSR count). The van der Waals surface area contributed by atoms with E-state index in [1.165, 1.54) is 23.4 Å². The van der Waals surface area contributed by atoms with Crippen LogP contribution in [0.1, 0.15) is 37.8 Å². The first kappa shape index (κ1) is 33.8. The van der Waals surface area contributed by atoms with E-state index >= 15 is 0 Å². The molecule has 3 aromatic heterocycles. The van der Waals surface area contributed by atoms with Crippen molar-refractivity contribution in [1.29, 1.82) is 0 Å². The van der Waals surface area contributed by atoms with Crippen LogP contribution in [0.5, 0.6) is 0 Å². The predicted molar refractivity (Wildman–Crippen MR) is 171 cm³/mol. The molecule has 1 N–H and O–H groups in total. The van der Waals surface area contributed by atoms with E-state index in [1.807, 2.05) is 13.0 Å². The lowest BCUT2D eigenvalue weighted by molar-refractivity contribution is -0.349. The number of piperidine rings is 1. The molecule has 0 saturated carbocycles. The van der Waals surface area contributed by atoms with Crippen molar-refractivity contribution < 1.29 is 35.5 Å². The third-order valence-corrected chi connectivity index (χ3v) is 10.2. The first-order valence-corrected chi connectivity index (χ1v) is 17.7. The molecule has 0 bridgehead atoms. The van der Waals surface area contributed by atoms with Crippen LogP contribution in [-0.4, -0.2) is 102 Å². The number of nitrogens with one attached hydrogen (secondary N) is 1. The van der Waals surface area contributed by atoms with Gasteiger partial charge in [-0.1, -0.05) is 6.58 Å². The summed E-state index contributed by atoms with van der Waals surface area (Å²) in [6, 6.07) is 3.11. The van der Waals surface area contributed by atoms with Crippen LogP contribution in [0.3, 0.4) is 0 Å². The quantitative estimate of drug-likeness (QED) is 0.254. The van der Waals surface area contributed by atoms with Crippen LogP contribution in [0, 0.1) is 5.92 Å². The summed E-state index contributed by atoms with van der Waals surface area (Å²) >= 11 is 0. The maximum absolute atomic E-state index is 14.6. The third kappa shape index (κ3) is 7.16. The minimum absolute atomic E-state index is 0.0384. The molecule has 0 spiro atoms. The Hall–Kier alpha value is -4.12. The second-order valence-electron chi connectivity index (χ2n) is 12.5. The molecular formula is C31H36F4N8O4S. The molecule has 17 heteroatoms. The fourth-order valence-corrected chi connectivity index (χ4v) is 7.96. The number of carbonyl (C=O) groups excluding carboxylic acids is 1. The van der Waals surface area contributed by atoms with Gasteiger partial charge < -0.3 is 20.0 Å². The summed E-state index contributed by atoms with van der Waals surface area (Å²) < 4.78 is 80.4. The number of hydrogen-bond acceptors (Lipinski definition) is 11. The van der Waals surface area contributed by atoms with Gasteiger partial charge >= 0.3 is 6.36 Å². The molecular weight excluding hydrogens is 656 g/mol. The van der Waals surface area contributed by atoms with Crippen molar-refractivity contribution in [2.75, 3.05) is 53.3 Å². The number of sulfone groups is 1. The van der Waals surface area contributed by atoms with Crippen LogP contribution in [0.4, 0.5) is 41.0 Å². The number of ether oxygens (including phenoxy) is 1. The van der Waals surface area contributed by atoms with Crippen LogP contribution >= 0.6 is 0 Å². The number of anilines is 4. The number of hydrogen-bond donors (Lipinski definition) is 1. The molecule has 6 heterocycles. The highest BCUT2D eigenvalue weighted by molar-refractivity contribution is 7.90. The molecule has 1 amide bonds. The number of amides is 1. The van der Waals surface area contributed by atoms with Crippen LogP contribution in [0.15, 0.2) is 43.4 Å². The molecule has 48 heavy (non-hydrogen) atoms. The lowest BCUT2D eigenvalue weighted by Gasteiger charge is -2.47. The highest BCUT2D eigenvalue weighted by Crippen LogP contribution is 2.41. The highest BCUT2D eigenvalue weighted by Gasteiger charge is 2.41. The zero-order valence-electron chi connectivity index (χ0n) is 26.4. The number of nitrogens with zero attached hydrogens (tertiary/aromatic N) is 7. The summed E-state index contributed by atoms with van der Waals surface area (Å²) in [6.45, 7) is 6.42. The van der Waals surface area contributed by atoms with Crippen molar-refractivity contribution >= 4 is 49.9 Å². The van der Waals surface area contributed by atoms with Gasteiger partial charge in [0, 0.05) is 67.4 Å². The van der Waals surface area contributed by atoms with Gasteiger partial charge in [-0.3, -0.25) is 9.53 Å². The van der Waals surface area contributed by atoms with Gasteiger partial charge in [-0.15, -0.1) is 13.2 Å². The molecule has 12 nitrogen and oxygen atoms in total. The van der Waals surface area contributed by atoms with Crippen molar-refractivity contribution in [3.63, 3.8) is 0 Å². The minimum Gasteiger partial charge on any atom is -0.353 e. The van der Waals surface area contributed by atoms with E-state index in [4.69, 9.17) is 4.98 Å². The zero-order valence-corrected chi connectivity index (χ0v) is 27.2. The lowest BCUT2D eigenvalue weighted by Crippen LogP contribution is -2.57. The smallest absolute Gasteiger partial charge is 0.353 e. The van der Waals surface area contributed by atoms with E-state index in [2.05, 4.69) is 36.5 Å². The number of alkyl halides is 4. The number of aromatic nitrogens is 4. The zero-order chi connectivity index (χ0) is 34.4. The standard InChI is InChI=1S/C31H36F4N8O4S/c1-4-28(44)42-10-5-6-24(42)21-13-38-29(43-15-19(18(43)2)17-48(3,45)46)22-14-37-27(12-20(21)22)39-26-7-9-36-30(40-26)41-11-8-25(23(32)16-41)47-31(33,34)35/h4,7,9,12-14,18-19,23-25H,1,5-6,8,10-11,15-17H2,2-3H3,(H,36,37,39,40)/t18-,19-,23+,24?,25-/m1/s1. The summed E-state index contributed by atoms with van der Waals surface area (Å²) in [5.41, 5.74) is 0.828. The van der Waals surface area contributed by atoms with Gasteiger partial charge in [0.2, 0.25) is 11.9 Å². The molecule has 1 unspecified atom stereocenters. The summed E-state index contributed by atoms with van der Waals surface area (Å²) in [4.78, 5) is 36.1. The molecule has 5 atom stereocenters. The van der Waals surface area contributed by atoms with E-state index in [0.717, 1.165) is 29.2 Å². The highest BCUT2D eigenvalue weighted by atomic mass is 32.2. The fourth-order valence-electron chi connectivity index (χ4n) is 6.80. The van der Waals surface area contributed by atoms with Gasteiger partial charge in [0.15, 0.2) is 0 Å². The maximum atomic E-state index is 14.6. The van der Waals surface area contributed by atoms with Crippen molar-refractivity contribution in [2.45, 2.75) is 56.9 Å². The average molecular weight is 693 g/mol. The Morgan fingerprint density at radius 3 is 2.60 bits per heavy atom. The molecule has 3 aromatic rings. The van der Waals surface area contributed by atoms with E-state index in [0.29, 0.717) is 30.5 Å². The first-order chi connectivity index (χ1) is 22.7. The Balaban J connectivity index is 1.29. The number of carbonyl (C=O) groups is 1. The van der Waals surface area contributed by atoms with Crippen LogP contribution in [-0.2, 0) is 19.4 Å². The Bertz CT molecular complexity index is 1810. The van der Waals surface area contributed by atoms with Gasteiger partial charge in [0.05, 0.1) is 18.3 Å². The number of halogens is 4. The number of likely N-dealkylation sites (tertiary alicyclic amines) is 1. The van der Waals surface area contributed by atoms with Crippen molar-refractivity contribution in [3.05, 3.63) is 48.9 Å². The predicted octanol–water partition coefficient (Wildman–Crippen LogP) is 4.34. The maximum Gasteiger partial charge on any atom is 0.522 e. The Labute approximate surface area is 275 Å². The molecule has 258 valence electrons. The molecule has 0 aliphatic carbocycles. The first-order valence-electron chi connectivity index (χ1n) is 15.6. The summed E-state index contributed by atoms with van der Waals surface area (Å²) in [5.74, 6) is 1.41. The van der Waals surface area contributed by atoms with Gasteiger partial charge in [0.25, 0.3) is 0 Å². The van der Waals surface area contributed by atoms with Gasteiger partial charge in [-0.2, -0.15) is 4.98 Å². The Morgan fingerprint density at radius 2 is 1.92 bits per heavy atom. The second kappa shape index (κ2) is 13.1. The van der Waals surface area contributed by atoms with E-state index in [1.54, 1.807) is 23.4 Å². The van der Waals surface area contributed by atoms with Gasteiger partial charge in [-0.05, 0) is 49.8 Å². The molecule has 3 aliphatic heterocycles. The molecule has 0 radical (unpaired) electrons. The number of fused-ring (bicyclic) bond motifs is 1. The summed E-state index contributed by atoms with van der Waals surface area (Å²) in [5, 5.41) is 4.69. The van der Waals surface area contributed by atoms with E-state index in [-0.39, 0.29) is 55.1 Å². The van der Waals surface area contributed by atoms with Crippen molar-refractivity contribution in [2.24, 2.45) is 5.92 Å². The normalized spacial score (nSPS) is 24.9. The summed E-state index contributed by atoms with van der Waals surface area (Å²) in [7, 11) is -3.15. The second-order valence-corrected chi connectivity index (χ2v) is 14.7. The minimum atomic E-state index is -4.92. The van der Waals surface area contributed by atoms with Gasteiger partial charge in [-0.25, -0.2) is 27.8 Å². The molecule has 0 aromatic carbocycles. The Kier molecular flexibility index (Phi) is 9.19. The van der Waals surface area contributed by atoms with Crippen molar-refractivity contribution in [3.8, 4) is 0 Å². The van der Waals surface area contributed by atoms with Gasteiger partial charge in [0.1, 0.15) is 39.6 Å². The third-order valence-electron chi connectivity index (χ3n) is 9.19. The Morgan fingerprint density at radius 1 is 1.12 bits per heavy atom. The summed E-state index contributed by atoms with van der Waals surface area (Å²) in [6.07, 6.45) is 0.366. The number of rotatable bonds is 9. The van der Waals surface area contributed by atoms with E-state index in [9.17, 15) is 30.8 Å². The average Bonchev–Trinajstić information content (AvgIpc) is 3.52. The largest absolute Gasteiger partial charge is 0.522 e. The lowest BCUT2D eigenvalue weighted by atomic mass is 9.90. The van der Waals surface area contributed by atoms with Crippen LogP contribution in [0.25, 0.3) is 10.8 Å². The fraction of sp³-hybridized carbons (Fsp3) is 0.516. The molecule has 3 saturated heterocycles. The van der Waals surface area contributed by atoms with Crippen LogP contribution in [0.2, 0.25) is 0 Å². The van der Waals surface area contributed by atoms with E-state index < -0.39 is 28.5 Å². The molecule has 3 aliphatic rings. The van der Waals surface area contributed by atoms with Crippen LogP contribution < -0.4 is 15.1 Å². The SMILES string of the molecule is C=CC(=O)N1CCCC1c1cnc(N2C[C@H](CS(C)(=O)=O)[C@H]2C)c2cnc(Nc3ccnc(N4CC[C@@H](OC(F)(F)F)[C@@H](F)C4)n3)cc12. The molecule has 3 fully saturated rings. The topological polar surface area (TPSA) is 134 Å².